The first-order valence-corrected chi connectivity index (χ1v) is 4.21. The van der Waals surface area contributed by atoms with Crippen molar-refractivity contribution in [2.24, 2.45) is 0 Å². The van der Waals surface area contributed by atoms with Crippen molar-refractivity contribution in [3.63, 3.8) is 0 Å². The largest absolute Gasteiger partial charge is 0.550 e. The Balaban J connectivity index is 2.49. The maximum atomic E-state index is 11.3. The Kier molecular flexibility index (Phi) is 2.82. The number of carbonyl (C=O) groups is 2. The SMILES string of the molecule is CN1C(=O)[C@@H](CCC(=O)[O-])NC1=S. The van der Waals surface area contributed by atoms with E-state index in [9.17, 15) is 14.7 Å². The molecule has 1 heterocycles. The highest BCUT2D eigenvalue weighted by Crippen LogP contribution is 2.08. The molecule has 0 spiro atoms. The summed E-state index contributed by atoms with van der Waals surface area (Å²) >= 11 is 4.81. The molecule has 5 nitrogen and oxygen atoms in total. The number of nitrogens with zero attached hydrogens (tertiary/aromatic N) is 1. The van der Waals surface area contributed by atoms with Crippen molar-refractivity contribution < 1.29 is 14.7 Å². The zero-order valence-electron chi connectivity index (χ0n) is 7.07. The van der Waals surface area contributed by atoms with Crippen LogP contribution in [-0.2, 0) is 9.59 Å². The van der Waals surface area contributed by atoms with E-state index in [4.69, 9.17) is 12.2 Å². The number of amides is 1. The molecule has 13 heavy (non-hydrogen) atoms. The molecule has 0 aliphatic carbocycles. The number of rotatable bonds is 3. The van der Waals surface area contributed by atoms with Crippen LogP contribution in [0.15, 0.2) is 0 Å². The highest BCUT2D eigenvalue weighted by molar-refractivity contribution is 7.80. The number of likely N-dealkylation sites (N-methyl/N-ethyl adjacent to an activating group) is 1. The summed E-state index contributed by atoms with van der Waals surface area (Å²) < 4.78 is 0. The molecule has 0 saturated carbocycles. The van der Waals surface area contributed by atoms with Gasteiger partial charge >= 0.3 is 0 Å². The summed E-state index contributed by atoms with van der Waals surface area (Å²) in [6.45, 7) is 0. The molecule has 0 aromatic carbocycles. The summed E-state index contributed by atoms with van der Waals surface area (Å²) in [5, 5.41) is 13.2. The van der Waals surface area contributed by atoms with Crippen molar-refractivity contribution in [2.75, 3.05) is 7.05 Å². The predicted octanol–water partition coefficient (Wildman–Crippen LogP) is -1.77. The Morgan fingerprint density at radius 2 is 2.38 bits per heavy atom. The monoisotopic (exact) mass is 201 g/mol. The van der Waals surface area contributed by atoms with Gasteiger partial charge in [-0.05, 0) is 25.1 Å². The topological polar surface area (TPSA) is 72.5 Å². The number of carboxylic acid groups (broad SMARTS) is 1. The number of thiocarbonyl (C=S) groups is 1. The Labute approximate surface area is 80.7 Å². The summed E-state index contributed by atoms with van der Waals surface area (Å²) in [5.41, 5.74) is 0. The first kappa shape index (κ1) is 9.91. The first-order chi connectivity index (χ1) is 6.02. The van der Waals surface area contributed by atoms with Crippen molar-refractivity contribution in [2.45, 2.75) is 18.9 Å². The fourth-order valence-electron chi connectivity index (χ4n) is 1.10. The molecule has 0 aromatic rings. The number of nitrogens with one attached hydrogen (secondary N) is 1. The fraction of sp³-hybridized carbons (Fsp3) is 0.571. The quantitative estimate of drug-likeness (QED) is 0.547. The molecule has 1 N–H and O–H groups in total. The standard InChI is InChI=1S/C7H10N2O3S/c1-9-6(12)4(8-7(9)13)2-3-5(10)11/h4H,2-3H2,1H3,(H,8,13)(H,10,11)/p-1/t4-/m1/s1. The van der Waals surface area contributed by atoms with Gasteiger partial charge in [0.05, 0.1) is 0 Å². The lowest BCUT2D eigenvalue weighted by molar-refractivity contribution is -0.305. The molecular formula is C7H9N2O3S-. The summed E-state index contributed by atoms with van der Waals surface area (Å²) in [6, 6.07) is -0.504. The van der Waals surface area contributed by atoms with Crippen molar-refractivity contribution in [1.29, 1.82) is 0 Å². The molecule has 1 fully saturated rings. The van der Waals surface area contributed by atoms with Crippen molar-refractivity contribution in [3.8, 4) is 0 Å². The van der Waals surface area contributed by atoms with E-state index in [0.29, 0.717) is 5.11 Å². The molecule has 1 aliphatic rings. The van der Waals surface area contributed by atoms with E-state index in [2.05, 4.69) is 5.32 Å². The second-order valence-corrected chi connectivity index (χ2v) is 3.20. The van der Waals surface area contributed by atoms with Crippen LogP contribution in [0.25, 0.3) is 0 Å². The lowest BCUT2D eigenvalue weighted by Gasteiger charge is -2.07. The Morgan fingerprint density at radius 1 is 1.77 bits per heavy atom. The van der Waals surface area contributed by atoms with Gasteiger partial charge in [-0.3, -0.25) is 9.69 Å². The molecular weight excluding hydrogens is 192 g/mol. The van der Waals surface area contributed by atoms with Crippen LogP contribution in [0.1, 0.15) is 12.8 Å². The second-order valence-electron chi connectivity index (χ2n) is 2.81. The van der Waals surface area contributed by atoms with Crippen LogP contribution in [0.5, 0.6) is 0 Å². The maximum absolute atomic E-state index is 11.3. The minimum Gasteiger partial charge on any atom is -0.550 e. The van der Waals surface area contributed by atoms with Crippen LogP contribution in [0, 0.1) is 0 Å². The number of aliphatic carboxylic acids is 1. The summed E-state index contributed by atoms with van der Waals surface area (Å²) in [6.07, 6.45) is 0.0749. The van der Waals surface area contributed by atoms with E-state index in [-0.39, 0.29) is 18.7 Å². The highest BCUT2D eigenvalue weighted by Gasteiger charge is 2.31. The van der Waals surface area contributed by atoms with Crippen LogP contribution in [0.2, 0.25) is 0 Å². The molecule has 0 aromatic heterocycles. The van der Waals surface area contributed by atoms with Crippen LogP contribution in [-0.4, -0.2) is 35.0 Å². The summed E-state index contributed by atoms with van der Waals surface area (Å²) in [7, 11) is 1.55. The third-order valence-corrected chi connectivity index (χ3v) is 2.26. The molecule has 1 aliphatic heterocycles. The smallest absolute Gasteiger partial charge is 0.251 e. The zero-order valence-corrected chi connectivity index (χ0v) is 7.89. The minimum atomic E-state index is -1.16. The third kappa shape index (κ3) is 2.15. The average molecular weight is 201 g/mol. The van der Waals surface area contributed by atoms with E-state index < -0.39 is 12.0 Å². The van der Waals surface area contributed by atoms with Gasteiger partial charge in [-0.15, -0.1) is 0 Å². The molecule has 0 bridgehead atoms. The van der Waals surface area contributed by atoms with Gasteiger partial charge in [0.2, 0.25) is 0 Å². The Hall–Kier alpha value is -1.17. The lowest BCUT2D eigenvalue weighted by atomic mass is 10.1. The van der Waals surface area contributed by atoms with Crippen LogP contribution >= 0.6 is 12.2 Å². The molecule has 1 atom stereocenters. The molecule has 1 rings (SSSR count). The van der Waals surface area contributed by atoms with Gasteiger partial charge < -0.3 is 15.2 Å². The molecule has 72 valence electrons. The third-order valence-electron chi connectivity index (χ3n) is 1.87. The van der Waals surface area contributed by atoms with Gasteiger partial charge in [-0.1, -0.05) is 0 Å². The van der Waals surface area contributed by atoms with Crippen molar-refractivity contribution >= 4 is 29.2 Å². The van der Waals surface area contributed by atoms with Crippen molar-refractivity contribution in [1.82, 2.24) is 10.2 Å². The van der Waals surface area contributed by atoms with E-state index in [1.165, 1.54) is 4.90 Å². The zero-order chi connectivity index (χ0) is 10.0. The number of carboxylic acids is 1. The molecule has 1 amide bonds. The summed E-state index contributed by atoms with van der Waals surface area (Å²) in [4.78, 5) is 22.7. The fourth-order valence-corrected chi connectivity index (χ4v) is 1.33. The van der Waals surface area contributed by atoms with Gasteiger partial charge in [-0.25, -0.2) is 0 Å². The predicted molar refractivity (Wildman–Crippen MR) is 46.5 cm³/mol. The number of hydrogen-bond acceptors (Lipinski definition) is 4. The van der Waals surface area contributed by atoms with Crippen LogP contribution in [0.3, 0.4) is 0 Å². The number of carbonyl (C=O) groups excluding carboxylic acids is 2. The van der Waals surface area contributed by atoms with E-state index in [0.717, 1.165) is 0 Å². The Morgan fingerprint density at radius 3 is 2.77 bits per heavy atom. The van der Waals surface area contributed by atoms with E-state index in [1.807, 2.05) is 0 Å². The molecule has 6 heteroatoms. The Bertz CT molecular complexity index is 266. The molecule has 1 saturated heterocycles. The lowest BCUT2D eigenvalue weighted by Crippen LogP contribution is -2.32. The van der Waals surface area contributed by atoms with Gasteiger partial charge in [0.1, 0.15) is 6.04 Å². The first-order valence-electron chi connectivity index (χ1n) is 3.80. The normalized spacial score (nSPS) is 21.9. The number of hydrogen-bond donors (Lipinski definition) is 1. The van der Waals surface area contributed by atoms with Crippen molar-refractivity contribution in [3.05, 3.63) is 0 Å². The van der Waals surface area contributed by atoms with Gasteiger partial charge in [0.25, 0.3) is 5.91 Å². The minimum absolute atomic E-state index is 0.139. The van der Waals surface area contributed by atoms with Crippen LogP contribution in [0.4, 0.5) is 0 Å². The second kappa shape index (κ2) is 3.69. The molecule has 0 radical (unpaired) electrons. The van der Waals surface area contributed by atoms with Crippen LogP contribution < -0.4 is 10.4 Å². The summed E-state index contributed by atoms with van der Waals surface area (Å²) in [5.74, 6) is -1.35. The van der Waals surface area contributed by atoms with E-state index in [1.54, 1.807) is 7.05 Å². The maximum Gasteiger partial charge on any atom is 0.251 e. The van der Waals surface area contributed by atoms with Gasteiger partial charge in [0.15, 0.2) is 5.11 Å². The average Bonchev–Trinajstić information content (AvgIpc) is 2.29. The van der Waals surface area contributed by atoms with E-state index >= 15 is 0 Å². The molecule has 0 unspecified atom stereocenters. The van der Waals surface area contributed by atoms with Gasteiger partial charge in [0, 0.05) is 13.0 Å². The highest BCUT2D eigenvalue weighted by atomic mass is 32.1. The van der Waals surface area contributed by atoms with Gasteiger partial charge in [-0.2, -0.15) is 0 Å².